The molecule has 7 heteroatoms. The van der Waals surface area contributed by atoms with Crippen LogP contribution >= 0.6 is 11.3 Å². The minimum absolute atomic E-state index is 0.106. The van der Waals surface area contributed by atoms with Crippen LogP contribution in [-0.2, 0) is 6.61 Å². The molecule has 0 radical (unpaired) electrons. The van der Waals surface area contributed by atoms with E-state index in [2.05, 4.69) is 32.7 Å². The van der Waals surface area contributed by atoms with Gasteiger partial charge in [-0.2, -0.15) is 0 Å². The van der Waals surface area contributed by atoms with Gasteiger partial charge in [0.05, 0.1) is 12.6 Å². The van der Waals surface area contributed by atoms with Gasteiger partial charge in [-0.3, -0.25) is 14.7 Å². The van der Waals surface area contributed by atoms with Crippen molar-refractivity contribution in [2.75, 3.05) is 26.2 Å². The molecule has 1 unspecified atom stereocenters. The third-order valence-electron chi connectivity index (χ3n) is 5.53. The number of benzene rings is 1. The maximum absolute atomic E-state index is 12.9. The van der Waals surface area contributed by atoms with Crippen molar-refractivity contribution in [1.82, 2.24) is 15.2 Å². The van der Waals surface area contributed by atoms with E-state index >= 15 is 0 Å². The van der Waals surface area contributed by atoms with Gasteiger partial charge in [-0.15, -0.1) is 11.3 Å². The molecular formula is C25H29N3O3S. The van der Waals surface area contributed by atoms with Gasteiger partial charge in [-0.25, -0.2) is 0 Å². The number of pyridine rings is 1. The second-order valence-corrected chi connectivity index (χ2v) is 8.71. The Kier molecular flexibility index (Phi) is 7.74. The summed E-state index contributed by atoms with van der Waals surface area (Å²) < 4.78 is 11.7. The molecule has 0 saturated carbocycles. The monoisotopic (exact) mass is 451 g/mol. The van der Waals surface area contributed by atoms with Crippen LogP contribution in [0.5, 0.6) is 11.5 Å². The summed E-state index contributed by atoms with van der Waals surface area (Å²) in [6, 6.07) is 13.6. The molecule has 32 heavy (non-hydrogen) atoms. The van der Waals surface area contributed by atoms with Gasteiger partial charge in [0.1, 0.15) is 6.61 Å². The Balaban J connectivity index is 1.42. The molecule has 1 aliphatic heterocycles. The number of aromatic nitrogens is 1. The second-order valence-electron chi connectivity index (χ2n) is 7.73. The van der Waals surface area contributed by atoms with Gasteiger partial charge >= 0.3 is 0 Å². The highest BCUT2D eigenvalue weighted by atomic mass is 32.1. The Labute approximate surface area is 193 Å². The lowest BCUT2D eigenvalue weighted by atomic mass is 10.1. The Bertz CT molecular complexity index is 989. The second kappa shape index (κ2) is 11.1. The first kappa shape index (κ1) is 22.3. The van der Waals surface area contributed by atoms with Crippen LogP contribution in [-0.4, -0.2) is 42.0 Å². The molecule has 1 atom stereocenters. The minimum atomic E-state index is -0.106. The predicted octanol–water partition coefficient (Wildman–Crippen LogP) is 4.69. The zero-order valence-electron chi connectivity index (χ0n) is 18.3. The smallest absolute Gasteiger partial charge is 0.251 e. The number of nitrogens with zero attached hydrogens (tertiary/aromatic N) is 2. The van der Waals surface area contributed by atoms with Crippen molar-refractivity contribution in [1.29, 1.82) is 0 Å². The van der Waals surface area contributed by atoms with Crippen LogP contribution in [0.15, 0.2) is 60.2 Å². The van der Waals surface area contributed by atoms with E-state index in [4.69, 9.17) is 9.47 Å². The van der Waals surface area contributed by atoms with Crippen LogP contribution in [0.2, 0.25) is 0 Å². The molecule has 1 N–H and O–H groups in total. The summed E-state index contributed by atoms with van der Waals surface area (Å²) in [5, 5.41) is 5.23. The van der Waals surface area contributed by atoms with E-state index in [1.54, 1.807) is 41.9 Å². The molecule has 1 aliphatic rings. The van der Waals surface area contributed by atoms with Gasteiger partial charge < -0.3 is 14.8 Å². The van der Waals surface area contributed by atoms with Crippen LogP contribution in [0, 0.1) is 0 Å². The Morgan fingerprint density at radius 2 is 2.03 bits per heavy atom. The summed E-state index contributed by atoms with van der Waals surface area (Å²) in [5.41, 5.74) is 1.53. The minimum Gasteiger partial charge on any atom is -0.490 e. The first-order chi connectivity index (χ1) is 15.7. The van der Waals surface area contributed by atoms with Crippen molar-refractivity contribution in [2.24, 2.45) is 0 Å². The maximum atomic E-state index is 12.9. The zero-order chi connectivity index (χ0) is 22.2. The lowest BCUT2D eigenvalue weighted by Gasteiger charge is -2.27. The van der Waals surface area contributed by atoms with Crippen molar-refractivity contribution in [2.45, 2.75) is 32.4 Å². The summed E-state index contributed by atoms with van der Waals surface area (Å²) in [7, 11) is 0. The standard InChI is InChI=1S/C25H29N3O3S/c1-2-30-23-15-20(9-10-22(23)31-18-19-7-5-11-26-16-19)25(29)27-17-21(24-8-6-14-32-24)28-12-3-4-13-28/h5-11,14-16,21H,2-4,12-13,17-18H2,1H3,(H,27,29). The van der Waals surface area contributed by atoms with E-state index < -0.39 is 0 Å². The van der Waals surface area contributed by atoms with Crippen LogP contribution in [0.1, 0.15) is 46.6 Å². The van der Waals surface area contributed by atoms with Crippen LogP contribution in [0.3, 0.4) is 0 Å². The van der Waals surface area contributed by atoms with E-state index in [-0.39, 0.29) is 11.9 Å². The Hall–Kier alpha value is -2.90. The number of ether oxygens (including phenoxy) is 2. The summed E-state index contributed by atoms with van der Waals surface area (Å²) in [6.45, 7) is 5.54. The van der Waals surface area contributed by atoms with Gasteiger partial charge in [0.25, 0.3) is 5.91 Å². The van der Waals surface area contributed by atoms with Gasteiger partial charge in [-0.05, 0) is 68.6 Å². The highest BCUT2D eigenvalue weighted by Crippen LogP contribution is 2.30. The predicted molar refractivity (Wildman–Crippen MR) is 126 cm³/mol. The molecule has 0 aliphatic carbocycles. The Morgan fingerprint density at radius 1 is 1.16 bits per heavy atom. The number of amides is 1. The largest absolute Gasteiger partial charge is 0.490 e. The van der Waals surface area contributed by atoms with Crippen LogP contribution in [0.25, 0.3) is 0 Å². The molecule has 0 bridgehead atoms. The first-order valence-corrected chi connectivity index (χ1v) is 12.0. The number of rotatable bonds is 10. The van der Waals surface area contributed by atoms with Crippen LogP contribution in [0.4, 0.5) is 0 Å². The quantitative estimate of drug-likeness (QED) is 0.485. The molecule has 6 nitrogen and oxygen atoms in total. The zero-order valence-corrected chi connectivity index (χ0v) is 19.1. The van der Waals surface area contributed by atoms with Crippen molar-refractivity contribution >= 4 is 17.2 Å². The number of carbonyl (C=O) groups excluding carboxylic acids is 1. The maximum Gasteiger partial charge on any atom is 0.251 e. The molecule has 0 spiro atoms. The molecule has 4 rings (SSSR count). The number of hydrogen-bond donors (Lipinski definition) is 1. The van der Waals surface area contributed by atoms with Gasteiger partial charge in [0.2, 0.25) is 0 Å². The molecule has 1 fully saturated rings. The highest BCUT2D eigenvalue weighted by molar-refractivity contribution is 7.10. The lowest BCUT2D eigenvalue weighted by Crippen LogP contribution is -2.36. The molecular weight excluding hydrogens is 422 g/mol. The average molecular weight is 452 g/mol. The van der Waals surface area contributed by atoms with E-state index in [0.29, 0.717) is 36.8 Å². The van der Waals surface area contributed by atoms with Gasteiger partial charge in [-0.1, -0.05) is 12.1 Å². The summed E-state index contributed by atoms with van der Waals surface area (Å²) in [5.74, 6) is 1.07. The lowest BCUT2D eigenvalue weighted by molar-refractivity contribution is 0.0938. The first-order valence-electron chi connectivity index (χ1n) is 11.1. The molecule has 1 aromatic carbocycles. The number of carbonyl (C=O) groups is 1. The fraction of sp³-hybridized carbons (Fsp3) is 0.360. The van der Waals surface area contributed by atoms with E-state index in [9.17, 15) is 4.79 Å². The molecule has 2 aromatic heterocycles. The molecule has 1 saturated heterocycles. The number of likely N-dealkylation sites (tertiary alicyclic amines) is 1. The summed E-state index contributed by atoms with van der Waals surface area (Å²) in [4.78, 5) is 20.8. The van der Waals surface area contributed by atoms with Crippen LogP contribution < -0.4 is 14.8 Å². The third-order valence-corrected chi connectivity index (χ3v) is 6.51. The molecule has 3 heterocycles. The number of thiophene rings is 1. The number of hydrogen-bond acceptors (Lipinski definition) is 6. The van der Waals surface area contributed by atoms with E-state index in [0.717, 1.165) is 18.7 Å². The third kappa shape index (κ3) is 5.66. The van der Waals surface area contributed by atoms with Crippen molar-refractivity contribution in [3.63, 3.8) is 0 Å². The van der Waals surface area contributed by atoms with E-state index in [1.807, 2.05) is 19.1 Å². The molecule has 1 amide bonds. The molecule has 168 valence electrons. The normalized spacial score (nSPS) is 14.8. The summed E-state index contributed by atoms with van der Waals surface area (Å²) in [6.07, 6.45) is 5.93. The topological polar surface area (TPSA) is 63.7 Å². The van der Waals surface area contributed by atoms with Crippen molar-refractivity contribution < 1.29 is 14.3 Å². The van der Waals surface area contributed by atoms with Gasteiger partial charge in [0, 0.05) is 34.9 Å². The number of nitrogens with one attached hydrogen (secondary N) is 1. The average Bonchev–Trinajstić information content (AvgIpc) is 3.54. The van der Waals surface area contributed by atoms with Gasteiger partial charge in [0.15, 0.2) is 11.5 Å². The SMILES string of the molecule is CCOc1cc(C(=O)NCC(c2cccs2)N2CCCC2)ccc1OCc1cccnc1. The Morgan fingerprint density at radius 3 is 2.75 bits per heavy atom. The fourth-order valence-corrected chi connectivity index (χ4v) is 4.78. The fourth-order valence-electron chi connectivity index (χ4n) is 3.92. The van der Waals surface area contributed by atoms with Crippen molar-refractivity contribution in [3.8, 4) is 11.5 Å². The molecule has 3 aromatic rings. The highest BCUT2D eigenvalue weighted by Gasteiger charge is 2.25. The van der Waals surface area contributed by atoms with Crippen molar-refractivity contribution in [3.05, 3.63) is 76.2 Å². The summed E-state index contributed by atoms with van der Waals surface area (Å²) >= 11 is 1.75. The van der Waals surface area contributed by atoms with E-state index in [1.165, 1.54) is 17.7 Å².